The lowest BCUT2D eigenvalue weighted by Crippen LogP contribution is -2.37. The highest BCUT2D eigenvalue weighted by atomic mass is 16.5. The topological polar surface area (TPSA) is 35.2 Å². The molecule has 0 radical (unpaired) electrons. The van der Waals surface area contributed by atoms with E-state index in [4.69, 9.17) is 10.5 Å². The van der Waals surface area contributed by atoms with Crippen molar-refractivity contribution in [3.8, 4) is 0 Å². The molecule has 4 rings (SSSR count). The molecule has 1 aromatic carbocycles. The Morgan fingerprint density at radius 3 is 2.43 bits per heavy atom. The van der Waals surface area contributed by atoms with Gasteiger partial charge in [-0.1, -0.05) is 43.5 Å². The molecule has 2 heteroatoms. The smallest absolute Gasteiger partial charge is 0.0944 e. The molecule has 0 saturated heterocycles. The zero-order valence-electron chi connectivity index (χ0n) is 12.9. The van der Waals surface area contributed by atoms with Crippen LogP contribution in [0.3, 0.4) is 0 Å². The minimum absolute atomic E-state index is 0.0193. The maximum Gasteiger partial charge on any atom is 0.0944 e. The van der Waals surface area contributed by atoms with Crippen molar-refractivity contribution in [1.29, 1.82) is 0 Å². The Labute approximate surface area is 128 Å². The Morgan fingerprint density at radius 1 is 0.952 bits per heavy atom. The number of rotatable bonds is 1. The molecule has 0 amide bonds. The molecule has 1 aromatic rings. The predicted molar refractivity (Wildman–Crippen MR) is 85.0 cm³/mol. The summed E-state index contributed by atoms with van der Waals surface area (Å²) >= 11 is 0. The lowest BCUT2D eigenvalue weighted by atomic mass is 9.77. The predicted octanol–water partition coefficient (Wildman–Crippen LogP) is 4.43. The molecular formula is C19H27NO. The largest absolute Gasteiger partial charge is 0.362 e. The van der Waals surface area contributed by atoms with E-state index in [1.54, 1.807) is 0 Å². The maximum absolute atomic E-state index is 6.79. The molecule has 3 aliphatic rings. The first-order valence-electron chi connectivity index (χ1n) is 8.81. The number of fused-ring (bicyclic) bond motifs is 2. The van der Waals surface area contributed by atoms with Crippen molar-refractivity contribution >= 4 is 0 Å². The van der Waals surface area contributed by atoms with Gasteiger partial charge >= 0.3 is 0 Å². The number of hydrogen-bond acceptors (Lipinski definition) is 2. The molecule has 2 aliphatic carbocycles. The maximum atomic E-state index is 6.79. The Balaban J connectivity index is 1.66. The van der Waals surface area contributed by atoms with E-state index in [-0.39, 0.29) is 5.60 Å². The van der Waals surface area contributed by atoms with E-state index in [1.165, 1.54) is 43.2 Å². The third kappa shape index (κ3) is 2.33. The van der Waals surface area contributed by atoms with Crippen LogP contribution in [0, 0.1) is 5.92 Å². The second kappa shape index (κ2) is 5.40. The van der Waals surface area contributed by atoms with Crippen molar-refractivity contribution in [2.75, 3.05) is 0 Å². The average Bonchev–Trinajstić information content (AvgIpc) is 2.87. The molecular weight excluding hydrogens is 258 g/mol. The number of benzene rings is 1. The van der Waals surface area contributed by atoms with Crippen LogP contribution in [0.2, 0.25) is 0 Å². The Hall–Kier alpha value is -0.860. The fourth-order valence-electron chi connectivity index (χ4n) is 4.81. The molecule has 1 spiro atoms. The molecule has 1 atom stereocenters. The number of nitrogens with two attached hydrogens (primary N) is 1. The van der Waals surface area contributed by atoms with Crippen LogP contribution < -0.4 is 5.73 Å². The first-order chi connectivity index (χ1) is 10.3. The van der Waals surface area contributed by atoms with E-state index in [1.807, 2.05) is 0 Å². The van der Waals surface area contributed by atoms with E-state index in [0.717, 1.165) is 31.6 Å². The monoisotopic (exact) mass is 285 g/mol. The molecule has 2 nitrogen and oxygen atoms in total. The van der Waals surface area contributed by atoms with Gasteiger partial charge < -0.3 is 10.5 Å². The molecule has 21 heavy (non-hydrogen) atoms. The zero-order valence-corrected chi connectivity index (χ0v) is 12.9. The lowest BCUT2D eigenvalue weighted by molar-refractivity contribution is -0.123. The first-order valence-corrected chi connectivity index (χ1v) is 8.81. The molecule has 0 aromatic heterocycles. The molecule has 2 fully saturated rings. The van der Waals surface area contributed by atoms with Crippen LogP contribution >= 0.6 is 0 Å². The molecule has 2 N–H and O–H groups in total. The summed E-state index contributed by atoms with van der Waals surface area (Å²) in [4.78, 5) is 0. The van der Waals surface area contributed by atoms with E-state index < -0.39 is 0 Å². The zero-order chi connectivity index (χ0) is 14.3. The van der Waals surface area contributed by atoms with Crippen LogP contribution in [0.25, 0.3) is 0 Å². The number of hydrogen-bond donors (Lipinski definition) is 1. The Kier molecular flexibility index (Phi) is 3.55. The van der Waals surface area contributed by atoms with Gasteiger partial charge in [0.15, 0.2) is 0 Å². The summed E-state index contributed by atoms with van der Waals surface area (Å²) < 4.78 is 6.79. The van der Waals surface area contributed by atoms with Crippen LogP contribution in [0.1, 0.15) is 75.0 Å². The summed E-state index contributed by atoms with van der Waals surface area (Å²) in [7, 11) is 0. The van der Waals surface area contributed by atoms with Gasteiger partial charge in [0.05, 0.1) is 11.7 Å². The molecule has 1 heterocycles. The van der Waals surface area contributed by atoms with Gasteiger partial charge in [-0.15, -0.1) is 0 Å². The Morgan fingerprint density at radius 2 is 1.67 bits per heavy atom. The summed E-state index contributed by atoms with van der Waals surface area (Å²) in [5, 5.41) is 0. The molecule has 1 unspecified atom stereocenters. The van der Waals surface area contributed by atoms with Crippen molar-refractivity contribution in [3.63, 3.8) is 0 Å². The molecule has 1 aliphatic heterocycles. The first kappa shape index (κ1) is 13.8. The van der Waals surface area contributed by atoms with Crippen molar-refractivity contribution < 1.29 is 4.74 Å². The second-order valence-electron chi connectivity index (χ2n) is 7.36. The van der Waals surface area contributed by atoms with Crippen LogP contribution in [0.5, 0.6) is 0 Å². The quantitative estimate of drug-likeness (QED) is 0.828. The third-order valence-electron chi connectivity index (χ3n) is 6.03. The molecule has 2 saturated carbocycles. The third-order valence-corrected chi connectivity index (χ3v) is 6.03. The van der Waals surface area contributed by atoms with Gasteiger partial charge in [-0.3, -0.25) is 0 Å². The fourth-order valence-corrected chi connectivity index (χ4v) is 4.81. The Bertz CT molecular complexity index is 498. The molecule has 114 valence electrons. The highest BCUT2D eigenvalue weighted by Gasteiger charge is 2.48. The summed E-state index contributed by atoms with van der Waals surface area (Å²) in [5.74, 6) is 0.731. The fraction of sp³-hybridized carbons (Fsp3) is 0.684. The van der Waals surface area contributed by atoms with Gasteiger partial charge in [0.25, 0.3) is 0 Å². The normalized spacial score (nSPS) is 36.8. The van der Waals surface area contributed by atoms with Crippen LogP contribution in [-0.4, -0.2) is 6.04 Å². The van der Waals surface area contributed by atoms with Crippen LogP contribution in [0.4, 0.5) is 0 Å². The van der Waals surface area contributed by atoms with Crippen molar-refractivity contribution in [2.24, 2.45) is 11.7 Å². The molecule has 0 bridgehead atoms. The second-order valence-corrected chi connectivity index (χ2v) is 7.36. The van der Waals surface area contributed by atoms with Crippen molar-refractivity contribution in [1.82, 2.24) is 0 Å². The van der Waals surface area contributed by atoms with Crippen LogP contribution in [0.15, 0.2) is 24.3 Å². The van der Waals surface area contributed by atoms with Crippen molar-refractivity contribution in [2.45, 2.75) is 75.5 Å². The van der Waals surface area contributed by atoms with Crippen LogP contribution in [-0.2, 0) is 10.3 Å². The average molecular weight is 285 g/mol. The van der Waals surface area contributed by atoms with E-state index in [2.05, 4.69) is 24.3 Å². The highest BCUT2D eigenvalue weighted by molar-refractivity contribution is 5.39. The van der Waals surface area contributed by atoms with Gasteiger partial charge in [0.1, 0.15) is 0 Å². The minimum atomic E-state index is -0.0193. The summed E-state index contributed by atoms with van der Waals surface area (Å²) in [6.07, 6.45) is 11.6. The minimum Gasteiger partial charge on any atom is -0.362 e. The summed E-state index contributed by atoms with van der Waals surface area (Å²) in [6.45, 7) is 0. The SMILES string of the molecule is NC1CCC2(CC1)OC(C1CCCCC1)c1ccccc12. The van der Waals surface area contributed by atoms with E-state index in [9.17, 15) is 0 Å². The van der Waals surface area contributed by atoms with E-state index >= 15 is 0 Å². The van der Waals surface area contributed by atoms with E-state index in [0.29, 0.717) is 12.1 Å². The summed E-state index contributed by atoms with van der Waals surface area (Å²) in [6, 6.07) is 9.38. The van der Waals surface area contributed by atoms with Crippen molar-refractivity contribution in [3.05, 3.63) is 35.4 Å². The number of ether oxygens (including phenoxy) is 1. The lowest BCUT2D eigenvalue weighted by Gasteiger charge is -2.38. The van der Waals surface area contributed by atoms with Gasteiger partial charge in [0, 0.05) is 6.04 Å². The van der Waals surface area contributed by atoms with Gasteiger partial charge in [-0.25, -0.2) is 0 Å². The van der Waals surface area contributed by atoms with Gasteiger partial charge in [-0.05, 0) is 55.6 Å². The highest BCUT2D eigenvalue weighted by Crippen LogP contribution is 2.54. The van der Waals surface area contributed by atoms with Gasteiger partial charge in [-0.2, -0.15) is 0 Å². The standard InChI is InChI=1S/C19H27NO/c20-15-10-12-19(13-11-15)17-9-5-4-8-16(17)18(21-19)14-6-2-1-3-7-14/h4-5,8-9,14-15,18H,1-3,6-7,10-13,20H2. The summed E-state index contributed by atoms with van der Waals surface area (Å²) in [5.41, 5.74) is 9.07. The van der Waals surface area contributed by atoms with Gasteiger partial charge in [0.2, 0.25) is 0 Å².